The van der Waals surface area contributed by atoms with Crippen LogP contribution < -0.4 is 5.32 Å². The van der Waals surface area contributed by atoms with E-state index in [9.17, 15) is 10.1 Å². The summed E-state index contributed by atoms with van der Waals surface area (Å²) in [5.41, 5.74) is -0.904. The summed E-state index contributed by atoms with van der Waals surface area (Å²) < 4.78 is 10.6. The molecule has 0 aromatic rings. The van der Waals surface area contributed by atoms with Gasteiger partial charge in [0.2, 0.25) is 5.91 Å². The zero-order valence-corrected chi connectivity index (χ0v) is 10.8. The first kappa shape index (κ1) is 13.3. The van der Waals surface area contributed by atoms with Gasteiger partial charge in [-0.05, 0) is 32.1 Å². The number of hydrogen-bond acceptors (Lipinski definition) is 4. The van der Waals surface area contributed by atoms with Crippen LogP contribution in [0.15, 0.2) is 0 Å². The number of ether oxygens (including phenoxy) is 2. The fraction of sp³-hybridized carbons (Fsp3) is 0.846. The van der Waals surface area contributed by atoms with Crippen LogP contribution >= 0.6 is 0 Å². The third-order valence-electron chi connectivity index (χ3n) is 4.07. The first-order valence-electron chi connectivity index (χ1n) is 6.54. The van der Waals surface area contributed by atoms with E-state index in [1.54, 1.807) is 7.11 Å². The fourth-order valence-electron chi connectivity index (χ4n) is 2.79. The van der Waals surface area contributed by atoms with E-state index >= 15 is 0 Å². The number of nitriles is 1. The van der Waals surface area contributed by atoms with Crippen LogP contribution in [0.1, 0.15) is 32.1 Å². The van der Waals surface area contributed by atoms with E-state index in [1.165, 1.54) is 0 Å². The average Bonchev–Trinajstić information content (AvgIpc) is 2.86. The van der Waals surface area contributed by atoms with Gasteiger partial charge in [0, 0.05) is 20.3 Å². The van der Waals surface area contributed by atoms with Gasteiger partial charge < -0.3 is 14.8 Å². The Kier molecular flexibility index (Phi) is 4.20. The van der Waals surface area contributed by atoms with Crippen molar-refractivity contribution in [3.8, 4) is 6.07 Å². The summed E-state index contributed by atoms with van der Waals surface area (Å²) in [5.74, 6) is -0.151. The molecular formula is C13H20N2O3. The van der Waals surface area contributed by atoms with Crippen LogP contribution in [-0.2, 0) is 14.3 Å². The summed E-state index contributed by atoms with van der Waals surface area (Å²) in [6, 6.07) is 2.24. The molecule has 100 valence electrons. The number of amides is 1. The van der Waals surface area contributed by atoms with Gasteiger partial charge in [0.15, 0.2) is 0 Å². The van der Waals surface area contributed by atoms with Gasteiger partial charge in [-0.2, -0.15) is 5.26 Å². The Balaban J connectivity index is 2.00. The highest BCUT2D eigenvalue weighted by Gasteiger charge is 2.42. The topological polar surface area (TPSA) is 71.3 Å². The molecule has 1 N–H and O–H groups in total. The molecule has 1 saturated heterocycles. The highest BCUT2D eigenvalue weighted by Crippen LogP contribution is 2.31. The number of carbonyl (C=O) groups excluding carboxylic acids is 1. The molecule has 2 aliphatic rings. The summed E-state index contributed by atoms with van der Waals surface area (Å²) in [4.78, 5) is 12.3. The second-order valence-electron chi connectivity index (χ2n) is 5.09. The van der Waals surface area contributed by atoms with Crippen molar-refractivity contribution in [1.29, 1.82) is 5.26 Å². The predicted molar refractivity (Wildman–Crippen MR) is 64.7 cm³/mol. The molecule has 2 unspecified atom stereocenters. The lowest BCUT2D eigenvalue weighted by molar-refractivity contribution is -0.133. The molecule has 0 spiro atoms. The summed E-state index contributed by atoms with van der Waals surface area (Å²) in [7, 11) is 1.67. The average molecular weight is 252 g/mol. The van der Waals surface area contributed by atoms with Crippen LogP contribution in [0.2, 0.25) is 0 Å². The molecule has 0 bridgehead atoms. The molecular weight excluding hydrogens is 232 g/mol. The van der Waals surface area contributed by atoms with Crippen LogP contribution in [0.3, 0.4) is 0 Å². The van der Waals surface area contributed by atoms with Crippen molar-refractivity contribution in [2.75, 3.05) is 20.3 Å². The van der Waals surface area contributed by atoms with Gasteiger partial charge in [-0.15, -0.1) is 0 Å². The fourth-order valence-corrected chi connectivity index (χ4v) is 2.79. The number of rotatable bonds is 3. The van der Waals surface area contributed by atoms with E-state index in [1.807, 2.05) is 0 Å². The third kappa shape index (κ3) is 2.50. The Hall–Kier alpha value is -1.12. The highest BCUT2D eigenvalue weighted by atomic mass is 16.5. The molecule has 1 aliphatic carbocycles. The SMILES string of the molecule is COC1CCCC1NC(=O)C1(C#N)CCOCC1. The highest BCUT2D eigenvalue weighted by molar-refractivity contribution is 5.85. The van der Waals surface area contributed by atoms with Crippen LogP contribution in [0.5, 0.6) is 0 Å². The number of carbonyl (C=O) groups is 1. The van der Waals surface area contributed by atoms with Gasteiger partial charge in [0.25, 0.3) is 0 Å². The second-order valence-corrected chi connectivity index (χ2v) is 5.09. The van der Waals surface area contributed by atoms with Crippen molar-refractivity contribution in [3.63, 3.8) is 0 Å². The van der Waals surface area contributed by atoms with Crippen molar-refractivity contribution in [2.24, 2.45) is 5.41 Å². The monoisotopic (exact) mass is 252 g/mol. The summed E-state index contributed by atoms with van der Waals surface area (Å²) in [6.07, 6.45) is 4.03. The molecule has 2 rings (SSSR count). The van der Waals surface area contributed by atoms with Crippen LogP contribution in [0.4, 0.5) is 0 Å². The molecule has 1 heterocycles. The first-order chi connectivity index (χ1) is 8.72. The Morgan fingerprint density at radius 1 is 1.44 bits per heavy atom. The van der Waals surface area contributed by atoms with Crippen molar-refractivity contribution in [2.45, 2.75) is 44.2 Å². The molecule has 18 heavy (non-hydrogen) atoms. The van der Waals surface area contributed by atoms with Gasteiger partial charge >= 0.3 is 0 Å². The summed E-state index contributed by atoms with van der Waals surface area (Å²) in [5, 5.41) is 12.3. The number of nitrogens with zero attached hydrogens (tertiary/aromatic N) is 1. The summed E-state index contributed by atoms with van der Waals surface area (Å²) >= 11 is 0. The lowest BCUT2D eigenvalue weighted by Crippen LogP contribution is -2.49. The van der Waals surface area contributed by atoms with E-state index < -0.39 is 5.41 Å². The van der Waals surface area contributed by atoms with E-state index in [4.69, 9.17) is 9.47 Å². The van der Waals surface area contributed by atoms with Crippen molar-refractivity contribution in [3.05, 3.63) is 0 Å². The molecule has 5 nitrogen and oxygen atoms in total. The largest absolute Gasteiger partial charge is 0.381 e. The van der Waals surface area contributed by atoms with Crippen molar-refractivity contribution >= 4 is 5.91 Å². The molecule has 2 fully saturated rings. The Bertz CT molecular complexity index is 345. The van der Waals surface area contributed by atoms with Gasteiger partial charge in [0.05, 0.1) is 18.2 Å². The minimum atomic E-state index is -0.904. The van der Waals surface area contributed by atoms with Crippen LogP contribution in [-0.4, -0.2) is 38.4 Å². The van der Waals surface area contributed by atoms with E-state index in [0.717, 1.165) is 19.3 Å². The molecule has 0 aromatic carbocycles. The van der Waals surface area contributed by atoms with Gasteiger partial charge in [0.1, 0.15) is 5.41 Å². The van der Waals surface area contributed by atoms with E-state index in [-0.39, 0.29) is 18.1 Å². The van der Waals surface area contributed by atoms with Crippen LogP contribution in [0.25, 0.3) is 0 Å². The lowest BCUT2D eigenvalue weighted by atomic mass is 9.80. The smallest absolute Gasteiger partial charge is 0.240 e. The zero-order chi connectivity index (χ0) is 13.0. The number of methoxy groups -OCH3 is 1. The zero-order valence-electron chi connectivity index (χ0n) is 10.8. The van der Waals surface area contributed by atoms with E-state index in [0.29, 0.717) is 26.1 Å². The number of hydrogen-bond donors (Lipinski definition) is 1. The van der Waals surface area contributed by atoms with E-state index in [2.05, 4.69) is 11.4 Å². The first-order valence-corrected chi connectivity index (χ1v) is 6.54. The Morgan fingerprint density at radius 2 is 2.17 bits per heavy atom. The lowest BCUT2D eigenvalue weighted by Gasteiger charge is -2.31. The summed E-state index contributed by atoms with van der Waals surface area (Å²) in [6.45, 7) is 0.971. The number of nitrogens with one attached hydrogen (secondary N) is 1. The molecule has 1 saturated carbocycles. The second kappa shape index (κ2) is 5.68. The maximum atomic E-state index is 12.3. The maximum Gasteiger partial charge on any atom is 0.240 e. The minimum absolute atomic E-state index is 0.0515. The van der Waals surface area contributed by atoms with Gasteiger partial charge in [-0.1, -0.05) is 0 Å². The molecule has 2 atom stereocenters. The quantitative estimate of drug-likeness (QED) is 0.813. The molecule has 1 amide bonds. The van der Waals surface area contributed by atoms with Crippen molar-refractivity contribution in [1.82, 2.24) is 5.32 Å². The Labute approximate surface area is 107 Å². The normalized spacial score (nSPS) is 30.7. The third-order valence-corrected chi connectivity index (χ3v) is 4.07. The maximum absolute atomic E-state index is 12.3. The standard InChI is InChI=1S/C13H20N2O3/c1-17-11-4-2-3-10(11)15-12(16)13(9-14)5-7-18-8-6-13/h10-11H,2-8H2,1H3,(H,15,16). The predicted octanol–water partition coefficient (Wildman–Crippen LogP) is 0.990. The molecule has 5 heteroatoms. The van der Waals surface area contributed by atoms with Gasteiger partial charge in [-0.3, -0.25) is 4.79 Å². The molecule has 0 aromatic heterocycles. The van der Waals surface area contributed by atoms with Gasteiger partial charge in [-0.25, -0.2) is 0 Å². The molecule has 1 aliphatic heterocycles. The molecule has 0 radical (unpaired) electrons. The van der Waals surface area contributed by atoms with Crippen LogP contribution in [0, 0.1) is 16.7 Å². The Morgan fingerprint density at radius 3 is 2.78 bits per heavy atom. The minimum Gasteiger partial charge on any atom is -0.381 e. The van der Waals surface area contributed by atoms with Crippen molar-refractivity contribution < 1.29 is 14.3 Å².